The van der Waals surface area contributed by atoms with Crippen molar-refractivity contribution in [1.29, 1.82) is 0 Å². The number of carbonyl (C=O) groups excluding carboxylic acids is 2. The Morgan fingerprint density at radius 3 is 2.60 bits per heavy atom. The number of hydrogen-bond donors (Lipinski definition) is 1. The summed E-state index contributed by atoms with van der Waals surface area (Å²) >= 11 is 4.06. The molecule has 2 aromatic rings. The number of aromatic nitrogens is 2. The van der Waals surface area contributed by atoms with E-state index in [4.69, 9.17) is 10.5 Å². The fourth-order valence-electron chi connectivity index (χ4n) is 3.15. The van der Waals surface area contributed by atoms with Crippen LogP contribution in [0.25, 0.3) is 6.08 Å². The van der Waals surface area contributed by atoms with E-state index < -0.39 is 11.7 Å². The molecule has 2 N–H and O–H groups in total. The van der Waals surface area contributed by atoms with E-state index in [9.17, 15) is 14.0 Å². The number of thioether (sulfide) groups is 1. The van der Waals surface area contributed by atoms with Crippen molar-refractivity contribution in [3.63, 3.8) is 0 Å². The predicted octanol–water partition coefficient (Wildman–Crippen LogP) is 4.05. The highest BCUT2D eigenvalue weighted by Crippen LogP contribution is 2.48. The number of imide groups is 1. The smallest absolute Gasteiger partial charge is 0.293 e. The Balaban J connectivity index is 1.61. The van der Waals surface area contributed by atoms with Gasteiger partial charge >= 0.3 is 0 Å². The van der Waals surface area contributed by atoms with E-state index in [-0.39, 0.29) is 26.0 Å². The molecule has 10 heteroatoms. The van der Waals surface area contributed by atoms with E-state index in [1.165, 1.54) is 13.1 Å². The second-order valence-corrected chi connectivity index (χ2v) is 9.14. The lowest BCUT2D eigenvalue weighted by Crippen LogP contribution is -2.22. The molecule has 0 unspecified atom stereocenters. The summed E-state index contributed by atoms with van der Waals surface area (Å²) in [7, 11) is 1.41. The van der Waals surface area contributed by atoms with Gasteiger partial charge in [-0.3, -0.25) is 14.5 Å². The number of amides is 2. The number of anilines is 1. The maximum Gasteiger partial charge on any atom is 0.293 e. The van der Waals surface area contributed by atoms with Gasteiger partial charge in [0.05, 0.1) is 16.0 Å². The van der Waals surface area contributed by atoms with E-state index in [1.54, 1.807) is 25.4 Å². The molecule has 2 aliphatic rings. The number of ether oxygens (including phenoxy) is 1. The number of nitrogen functional groups attached to an aromatic ring is 1. The lowest BCUT2D eigenvalue weighted by molar-refractivity contribution is -0.121. The molecule has 0 bridgehead atoms. The van der Waals surface area contributed by atoms with Gasteiger partial charge in [0.15, 0.2) is 0 Å². The van der Waals surface area contributed by atoms with Gasteiger partial charge in [0.2, 0.25) is 5.95 Å². The summed E-state index contributed by atoms with van der Waals surface area (Å²) in [6.45, 7) is 1.97. The number of hydrogen-bond acceptors (Lipinski definition) is 7. The van der Waals surface area contributed by atoms with Crippen molar-refractivity contribution in [2.45, 2.75) is 25.2 Å². The maximum atomic E-state index is 14.8. The first kappa shape index (κ1) is 20.8. The number of rotatable bonds is 5. The number of nitrogens with zero attached hydrogens (tertiary/aromatic N) is 3. The van der Waals surface area contributed by atoms with E-state index in [2.05, 4.69) is 25.9 Å². The summed E-state index contributed by atoms with van der Waals surface area (Å²) in [5, 5.41) is -0.368. The molecule has 1 aliphatic heterocycles. The van der Waals surface area contributed by atoms with Crippen molar-refractivity contribution in [2.24, 2.45) is 0 Å². The van der Waals surface area contributed by atoms with E-state index in [1.807, 2.05) is 0 Å². The van der Waals surface area contributed by atoms with Crippen LogP contribution in [-0.2, 0) is 10.2 Å². The molecular weight excluding hydrogens is 475 g/mol. The van der Waals surface area contributed by atoms with Crippen LogP contribution in [-0.4, -0.2) is 39.7 Å². The SMILES string of the molecule is Cc1c(OCC2(c3cnc(N)nc3)CC2)cc(/C=C2\SC(=O)N(C)C2=O)c(Br)c1F. The Hall–Kier alpha value is -2.46. The lowest BCUT2D eigenvalue weighted by atomic mass is 10.0. The van der Waals surface area contributed by atoms with Gasteiger partial charge in [-0.05, 0) is 70.7 Å². The van der Waals surface area contributed by atoms with Crippen LogP contribution in [0.5, 0.6) is 5.75 Å². The Labute approximate surface area is 185 Å². The minimum atomic E-state index is -0.477. The van der Waals surface area contributed by atoms with Crippen LogP contribution < -0.4 is 10.5 Å². The van der Waals surface area contributed by atoms with Crippen LogP contribution in [0.2, 0.25) is 0 Å². The number of halogens is 2. The number of nitrogens with two attached hydrogens (primary N) is 1. The first-order valence-electron chi connectivity index (χ1n) is 9.13. The van der Waals surface area contributed by atoms with Crippen molar-refractivity contribution < 1.29 is 18.7 Å². The van der Waals surface area contributed by atoms with Gasteiger partial charge in [0.1, 0.15) is 11.6 Å². The highest BCUT2D eigenvalue weighted by Gasteiger charge is 2.46. The van der Waals surface area contributed by atoms with Crippen molar-refractivity contribution >= 4 is 50.9 Å². The predicted molar refractivity (Wildman–Crippen MR) is 115 cm³/mol. The van der Waals surface area contributed by atoms with Crippen LogP contribution in [0.1, 0.15) is 29.5 Å². The zero-order valence-corrected chi connectivity index (χ0v) is 18.6. The molecule has 0 atom stereocenters. The van der Waals surface area contributed by atoms with E-state index in [0.29, 0.717) is 23.5 Å². The van der Waals surface area contributed by atoms with Gasteiger partial charge in [0.25, 0.3) is 11.1 Å². The molecule has 1 aromatic heterocycles. The van der Waals surface area contributed by atoms with Crippen molar-refractivity contribution in [1.82, 2.24) is 14.9 Å². The molecule has 1 aromatic carbocycles. The van der Waals surface area contributed by atoms with E-state index >= 15 is 0 Å². The number of likely N-dealkylation sites (N-methyl/N-ethyl adjacent to an activating group) is 1. The molecule has 156 valence electrons. The third kappa shape index (κ3) is 3.69. The second kappa shape index (κ2) is 7.66. The van der Waals surface area contributed by atoms with Crippen LogP contribution in [0.3, 0.4) is 0 Å². The molecule has 1 saturated carbocycles. The minimum absolute atomic E-state index is 0.211. The molecule has 1 aliphatic carbocycles. The van der Waals surface area contributed by atoms with Gasteiger partial charge in [-0.15, -0.1) is 0 Å². The highest BCUT2D eigenvalue weighted by atomic mass is 79.9. The topological polar surface area (TPSA) is 98.4 Å². The lowest BCUT2D eigenvalue weighted by Gasteiger charge is -2.18. The second-order valence-electron chi connectivity index (χ2n) is 7.36. The van der Waals surface area contributed by atoms with Crippen molar-refractivity contribution in [2.75, 3.05) is 19.4 Å². The molecule has 7 nitrogen and oxygen atoms in total. The third-order valence-electron chi connectivity index (χ3n) is 5.35. The summed E-state index contributed by atoms with van der Waals surface area (Å²) < 4.78 is 21.0. The van der Waals surface area contributed by atoms with Crippen LogP contribution in [0.4, 0.5) is 15.1 Å². The summed E-state index contributed by atoms with van der Waals surface area (Å²) in [6.07, 6.45) is 6.71. The van der Waals surface area contributed by atoms with Crippen molar-refractivity contribution in [3.8, 4) is 5.75 Å². The largest absolute Gasteiger partial charge is 0.492 e. The van der Waals surface area contributed by atoms with Gasteiger partial charge in [-0.25, -0.2) is 14.4 Å². The molecule has 4 rings (SSSR count). The maximum absolute atomic E-state index is 14.8. The summed E-state index contributed by atoms with van der Waals surface area (Å²) in [6, 6.07) is 1.67. The van der Waals surface area contributed by atoms with Gasteiger partial charge in [-0.2, -0.15) is 0 Å². The fourth-order valence-corrected chi connectivity index (χ4v) is 4.49. The molecule has 0 spiro atoms. The zero-order chi connectivity index (χ0) is 21.6. The average Bonchev–Trinajstić information content (AvgIpc) is 3.48. The molecule has 30 heavy (non-hydrogen) atoms. The quantitative estimate of drug-likeness (QED) is 0.628. The Bertz CT molecular complexity index is 1090. The third-order valence-corrected chi connectivity index (χ3v) is 7.11. The Kier molecular flexibility index (Phi) is 5.31. The van der Waals surface area contributed by atoms with Crippen LogP contribution in [0, 0.1) is 12.7 Å². The molecule has 2 heterocycles. The van der Waals surface area contributed by atoms with E-state index in [0.717, 1.165) is 35.1 Å². The first-order valence-corrected chi connectivity index (χ1v) is 10.7. The molecular formula is C20H18BrFN4O3S. The molecule has 2 fully saturated rings. The Morgan fingerprint density at radius 2 is 2.03 bits per heavy atom. The van der Waals surface area contributed by atoms with Crippen molar-refractivity contribution in [3.05, 3.63) is 50.3 Å². The monoisotopic (exact) mass is 492 g/mol. The zero-order valence-electron chi connectivity index (χ0n) is 16.2. The summed E-state index contributed by atoms with van der Waals surface area (Å²) in [4.78, 5) is 33.3. The van der Waals surface area contributed by atoms with Crippen LogP contribution >= 0.6 is 27.7 Å². The normalized spacial score (nSPS) is 18.9. The molecule has 1 saturated heterocycles. The minimum Gasteiger partial charge on any atom is -0.492 e. The number of benzene rings is 1. The molecule has 0 radical (unpaired) electrons. The summed E-state index contributed by atoms with van der Waals surface area (Å²) in [5.41, 5.74) is 7.06. The average molecular weight is 493 g/mol. The van der Waals surface area contributed by atoms with Gasteiger partial charge < -0.3 is 10.5 Å². The highest BCUT2D eigenvalue weighted by molar-refractivity contribution is 9.10. The molecule has 2 amide bonds. The standard InChI is InChI=1S/C20H18BrFN4O3S/c1-10-13(29-9-20(3-4-20)12-7-24-18(23)25-8-12)5-11(15(21)16(10)22)6-14-17(27)26(2)19(28)30-14/h5-8H,3-4,9H2,1-2H3,(H2,23,24,25)/b14-6-. The number of carbonyl (C=O) groups is 2. The van der Waals surface area contributed by atoms with Crippen LogP contribution in [0.15, 0.2) is 27.8 Å². The fraction of sp³-hybridized carbons (Fsp3) is 0.300. The summed E-state index contributed by atoms with van der Waals surface area (Å²) in [5.74, 6) is -0.307. The van der Waals surface area contributed by atoms with Gasteiger partial charge in [-0.1, -0.05) is 0 Å². The first-order chi connectivity index (χ1) is 14.2. The van der Waals surface area contributed by atoms with Gasteiger partial charge in [0, 0.05) is 30.4 Å². The Morgan fingerprint density at radius 1 is 1.37 bits per heavy atom.